The Balaban J connectivity index is 1.62. The summed E-state index contributed by atoms with van der Waals surface area (Å²) < 4.78 is 5.47. The summed E-state index contributed by atoms with van der Waals surface area (Å²) in [6.07, 6.45) is 6.95. The monoisotopic (exact) mass is 280 g/mol. The van der Waals surface area contributed by atoms with Crippen molar-refractivity contribution >= 4 is 11.3 Å². The van der Waals surface area contributed by atoms with Gasteiger partial charge in [-0.05, 0) is 45.7 Å². The number of nitrogens with zero attached hydrogens (tertiary/aromatic N) is 2. The van der Waals surface area contributed by atoms with Crippen molar-refractivity contribution in [2.75, 3.05) is 26.3 Å². The normalized spacial score (nSPS) is 25.6. The fourth-order valence-electron chi connectivity index (χ4n) is 3.28. The lowest BCUT2D eigenvalue weighted by Crippen LogP contribution is -2.47. The average molecular weight is 280 g/mol. The Kier molecular flexibility index (Phi) is 3.92. The molecule has 0 amide bonds. The van der Waals surface area contributed by atoms with Crippen LogP contribution in [0.5, 0.6) is 0 Å². The summed E-state index contributed by atoms with van der Waals surface area (Å²) in [5.74, 6) is 0. The minimum absolute atomic E-state index is 0.306. The summed E-state index contributed by atoms with van der Waals surface area (Å²) in [4.78, 5) is 8.65. The van der Waals surface area contributed by atoms with Crippen molar-refractivity contribution in [2.24, 2.45) is 0 Å². The number of aryl methyl sites for hydroxylation is 1. The SMILES string of the molecule is Cc1cnc(C2(C)CCN(C3CCOCC3)CC2)s1. The zero-order valence-corrected chi connectivity index (χ0v) is 12.8. The standard InChI is InChI=1S/C15H24N2OS/c1-12-11-16-14(19-12)15(2)5-7-17(8-6-15)13-3-9-18-10-4-13/h11,13H,3-10H2,1-2H3. The fraction of sp³-hybridized carbons (Fsp3) is 0.800. The van der Waals surface area contributed by atoms with Gasteiger partial charge in [0.1, 0.15) is 0 Å². The molecule has 0 saturated carbocycles. The summed E-state index contributed by atoms with van der Waals surface area (Å²) in [6.45, 7) is 8.89. The van der Waals surface area contributed by atoms with Crippen LogP contribution in [0.2, 0.25) is 0 Å². The molecule has 0 unspecified atom stereocenters. The third-order valence-corrected chi connectivity index (χ3v) is 5.97. The first-order valence-corrected chi connectivity index (χ1v) is 8.24. The second-order valence-electron chi connectivity index (χ2n) is 6.22. The van der Waals surface area contributed by atoms with Crippen LogP contribution in [-0.4, -0.2) is 42.2 Å². The molecular formula is C15H24N2OS. The summed E-state index contributed by atoms with van der Waals surface area (Å²) in [6, 6.07) is 0.760. The topological polar surface area (TPSA) is 25.4 Å². The van der Waals surface area contributed by atoms with Crippen molar-refractivity contribution in [1.29, 1.82) is 0 Å². The molecular weight excluding hydrogens is 256 g/mol. The number of piperidine rings is 1. The van der Waals surface area contributed by atoms with Gasteiger partial charge in [0.2, 0.25) is 0 Å². The Labute approximate surface area is 120 Å². The highest BCUT2D eigenvalue weighted by Gasteiger charge is 2.36. The Hall–Kier alpha value is -0.450. The summed E-state index contributed by atoms with van der Waals surface area (Å²) in [5.41, 5.74) is 0.306. The smallest absolute Gasteiger partial charge is 0.0987 e. The van der Waals surface area contributed by atoms with E-state index in [4.69, 9.17) is 4.74 Å². The van der Waals surface area contributed by atoms with E-state index in [1.165, 1.54) is 48.7 Å². The third-order valence-electron chi connectivity index (χ3n) is 4.75. The second-order valence-corrected chi connectivity index (χ2v) is 7.45. The van der Waals surface area contributed by atoms with Crippen LogP contribution in [-0.2, 0) is 10.2 Å². The Morgan fingerprint density at radius 2 is 2.00 bits per heavy atom. The molecule has 1 aromatic rings. The number of aromatic nitrogens is 1. The molecule has 1 aromatic heterocycles. The number of rotatable bonds is 2. The van der Waals surface area contributed by atoms with Gasteiger partial charge in [0, 0.05) is 35.7 Å². The maximum absolute atomic E-state index is 5.47. The van der Waals surface area contributed by atoms with E-state index in [2.05, 4.69) is 23.7 Å². The van der Waals surface area contributed by atoms with Crippen LogP contribution >= 0.6 is 11.3 Å². The van der Waals surface area contributed by atoms with Crippen LogP contribution in [0.3, 0.4) is 0 Å². The van der Waals surface area contributed by atoms with E-state index < -0.39 is 0 Å². The lowest BCUT2D eigenvalue weighted by atomic mass is 9.80. The minimum atomic E-state index is 0.306. The highest BCUT2D eigenvalue weighted by atomic mass is 32.1. The zero-order chi connectivity index (χ0) is 13.3. The van der Waals surface area contributed by atoms with Gasteiger partial charge in [-0.25, -0.2) is 4.98 Å². The van der Waals surface area contributed by atoms with E-state index in [0.29, 0.717) is 5.41 Å². The quantitative estimate of drug-likeness (QED) is 0.833. The van der Waals surface area contributed by atoms with Crippen LogP contribution in [0.4, 0.5) is 0 Å². The van der Waals surface area contributed by atoms with Crippen LogP contribution in [0.15, 0.2) is 6.20 Å². The van der Waals surface area contributed by atoms with Gasteiger partial charge >= 0.3 is 0 Å². The third kappa shape index (κ3) is 2.86. The molecule has 0 spiro atoms. The molecule has 3 nitrogen and oxygen atoms in total. The fourth-order valence-corrected chi connectivity index (χ4v) is 4.25. The molecule has 0 aliphatic carbocycles. The number of hydrogen-bond acceptors (Lipinski definition) is 4. The van der Waals surface area contributed by atoms with Crippen molar-refractivity contribution in [3.8, 4) is 0 Å². The highest BCUT2D eigenvalue weighted by Crippen LogP contribution is 2.38. The van der Waals surface area contributed by atoms with Crippen molar-refractivity contribution in [3.05, 3.63) is 16.1 Å². The van der Waals surface area contributed by atoms with Crippen molar-refractivity contribution < 1.29 is 4.74 Å². The van der Waals surface area contributed by atoms with E-state index in [-0.39, 0.29) is 0 Å². The predicted octanol–water partition coefficient (Wildman–Crippen LogP) is 2.98. The largest absolute Gasteiger partial charge is 0.381 e. The molecule has 106 valence electrons. The van der Waals surface area contributed by atoms with Gasteiger partial charge in [0.05, 0.1) is 5.01 Å². The zero-order valence-electron chi connectivity index (χ0n) is 12.0. The van der Waals surface area contributed by atoms with Crippen molar-refractivity contribution in [2.45, 2.75) is 51.0 Å². The number of hydrogen-bond donors (Lipinski definition) is 0. The molecule has 0 aromatic carbocycles. The van der Waals surface area contributed by atoms with E-state index in [0.717, 1.165) is 19.3 Å². The van der Waals surface area contributed by atoms with Crippen LogP contribution in [0.25, 0.3) is 0 Å². The Morgan fingerprint density at radius 3 is 2.58 bits per heavy atom. The first-order valence-electron chi connectivity index (χ1n) is 7.42. The second kappa shape index (κ2) is 5.51. The maximum Gasteiger partial charge on any atom is 0.0987 e. The Morgan fingerprint density at radius 1 is 1.32 bits per heavy atom. The molecule has 2 saturated heterocycles. The highest BCUT2D eigenvalue weighted by molar-refractivity contribution is 7.11. The van der Waals surface area contributed by atoms with E-state index in [9.17, 15) is 0 Å². The van der Waals surface area contributed by atoms with Gasteiger partial charge in [-0.2, -0.15) is 0 Å². The molecule has 2 aliphatic rings. The molecule has 3 heterocycles. The first kappa shape index (κ1) is 13.5. The number of ether oxygens (including phenoxy) is 1. The molecule has 3 rings (SSSR count). The lowest BCUT2D eigenvalue weighted by molar-refractivity contribution is 0.0186. The summed E-state index contributed by atoms with van der Waals surface area (Å²) >= 11 is 1.88. The van der Waals surface area contributed by atoms with E-state index in [1.807, 2.05) is 17.5 Å². The lowest BCUT2D eigenvalue weighted by Gasteiger charge is -2.42. The van der Waals surface area contributed by atoms with Crippen molar-refractivity contribution in [3.63, 3.8) is 0 Å². The van der Waals surface area contributed by atoms with Gasteiger partial charge in [-0.15, -0.1) is 11.3 Å². The van der Waals surface area contributed by atoms with Crippen LogP contribution < -0.4 is 0 Å². The molecule has 0 N–H and O–H groups in total. The van der Waals surface area contributed by atoms with E-state index in [1.54, 1.807) is 0 Å². The number of likely N-dealkylation sites (tertiary alicyclic amines) is 1. The predicted molar refractivity (Wildman–Crippen MR) is 78.9 cm³/mol. The summed E-state index contributed by atoms with van der Waals surface area (Å²) in [5, 5.41) is 1.34. The van der Waals surface area contributed by atoms with Crippen LogP contribution in [0, 0.1) is 6.92 Å². The van der Waals surface area contributed by atoms with E-state index >= 15 is 0 Å². The Bertz CT molecular complexity index is 418. The molecule has 0 bridgehead atoms. The van der Waals surface area contributed by atoms with Gasteiger partial charge in [-0.3, -0.25) is 0 Å². The average Bonchev–Trinajstić information content (AvgIpc) is 2.88. The summed E-state index contributed by atoms with van der Waals surface area (Å²) in [7, 11) is 0. The molecule has 2 fully saturated rings. The van der Waals surface area contributed by atoms with Crippen LogP contribution in [0.1, 0.15) is 42.5 Å². The molecule has 4 heteroatoms. The van der Waals surface area contributed by atoms with Gasteiger partial charge in [0.25, 0.3) is 0 Å². The van der Waals surface area contributed by atoms with Gasteiger partial charge in [-0.1, -0.05) is 6.92 Å². The molecule has 2 aliphatic heterocycles. The number of thiazole rings is 1. The molecule has 0 radical (unpaired) electrons. The molecule has 0 atom stereocenters. The van der Waals surface area contributed by atoms with Crippen molar-refractivity contribution in [1.82, 2.24) is 9.88 Å². The van der Waals surface area contributed by atoms with Gasteiger partial charge in [0.15, 0.2) is 0 Å². The minimum Gasteiger partial charge on any atom is -0.381 e. The van der Waals surface area contributed by atoms with Gasteiger partial charge < -0.3 is 9.64 Å². The molecule has 19 heavy (non-hydrogen) atoms. The first-order chi connectivity index (χ1) is 9.17. The maximum atomic E-state index is 5.47.